The molecule has 1 aliphatic rings. The first-order valence-corrected chi connectivity index (χ1v) is 11.5. The van der Waals surface area contributed by atoms with E-state index in [1.54, 1.807) is 0 Å². The molecule has 23 heavy (non-hydrogen) atoms. The van der Waals surface area contributed by atoms with E-state index in [2.05, 4.69) is 39.0 Å². The largest absolute Gasteiger partial charge is 0.416 e. The van der Waals surface area contributed by atoms with Crippen molar-refractivity contribution in [2.24, 2.45) is 0 Å². The van der Waals surface area contributed by atoms with Gasteiger partial charge in [0.15, 0.2) is 14.6 Å². The van der Waals surface area contributed by atoms with E-state index in [0.29, 0.717) is 13.2 Å². The molecular weight excluding hydrogens is 310 g/mol. The first-order valence-electron chi connectivity index (χ1n) is 8.59. The van der Waals surface area contributed by atoms with E-state index in [0.717, 1.165) is 37.3 Å². The van der Waals surface area contributed by atoms with Crippen LogP contribution in [0, 0.1) is 0 Å². The number of rotatable bonds is 7. The summed E-state index contributed by atoms with van der Waals surface area (Å²) in [4.78, 5) is 0. The SMILES string of the molecule is CC(C)(C)[Si](C)(C)OCCc1cc(COC2CCCCO2)no1. The van der Waals surface area contributed by atoms with Crippen LogP contribution in [0.3, 0.4) is 0 Å². The van der Waals surface area contributed by atoms with Crippen LogP contribution >= 0.6 is 0 Å². The van der Waals surface area contributed by atoms with Crippen LogP contribution in [0.2, 0.25) is 18.1 Å². The molecule has 1 aliphatic heterocycles. The van der Waals surface area contributed by atoms with E-state index in [-0.39, 0.29) is 11.3 Å². The molecule has 0 radical (unpaired) electrons. The smallest absolute Gasteiger partial charge is 0.191 e. The van der Waals surface area contributed by atoms with Crippen molar-refractivity contribution in [1.82, 2.24) is 5.16 Å². The molecule has 2 rings (SSSR count). The maximum absolute atomic E-state index is 6.16. The number of nitrogens with zero attached hydrogens (tertiary/aromatic N) is 1. The van der Waals surface area contributed by atoms with Crippen LogP contribution < -0.4 is 0 Å². The van der Waals surface area contributed by atoms with Crippen molar-refractivity contribution >= 4 is 8.32 Å². The van der Waals surface area contributed by atoms with E-state index in [9.17, 15) is 0 Å². The molecular formula is C17H31NO4Si. The summed E-state index contributed by atoms with van der Waals surface area (Å²) < 4.78 is 22.8. The maximum atomic E-state index is 6.16. The lowest BCUT2D eigenvalue weighted by molar-refractivity contribution is -0.169. The quantitative estimate of drug-likeness (QED) is 0.693. The van der Waals surface area contributed by atoms with Crippen LogP contribution in [0.15, 0.2) is 10.6 Å². The zero-order chi connectivity index (χ0) is 16.9. The standard InChI is InChI=1S/C17H31NO4Si/c1-17(2,3)23(4,5)21-11-9-15-12-14(18-22-15)13-20-16-8-6-7-10-19-16/h12,16H,6-11,13H2,1-5H3. The Hall–Kier alpha value is -0.693. The third-order valence-electron chi connectivity index (χ3n) is 4.78. The Labute approximate surface area is 140 Å². The lowest BCUT2D eigenvalue weighted by Gasteiger charge is -2.36. The minimum atomic E-state index is -1.69. The van der Waals surface area contributed by atoms with Crippen molar-refractivity contribution in [2.75, 3.05) is 13.2 Å². The monoisotopic (exact) mass is 341 g/mol. The lowest BCUT2D eigenvalue weighted by atomic mass is 10.2. The van der Waals surface area contributed by atoms with E-state index in [4.69, 9.17) is 18.4 Å². The molecule has 6 heteroatoms. The third-order valence-corrected chi connectivity index (χ3v) is 9.32. The van der Waals surface area contributed by atoms with Crippen LogP contribution in [0.5, 0.6) is 0 Å². The molecule has 1 saturated heterocycles. The minimum absolute atomic E-state index is 0.0918. The fraction of sp³-hybridized carbons (Fsp3) is 0.824. The summed E-state index contributed by atoms with van der Waals surface area (Å²) in [5, 5.41) is 4.29. The molecule has 132 valence electrons. The minimum Gasteiger partial charge on any atom is -0.416 e. The van der Waals surface area contributed by atoms with Crippen LogP contribution in [-0.2, 0) is 26.9 Å². The molecule has 1 fully saturated rings. The Kier molecular flexibility index (Phi) is 6.42. The van der Waals surface area contributed by atoms with Crippen molar-refractivity contribution in [3.63, 3.8) is 0 Å². The molecule has 0 N–H and O–H groups in total. The van der Waals surface area contributed by atoms with E-state index >= 15 is 0 Å². The Morgan fingerprint density at radius 3 is 2.74 bits per heavy atom. The molecule has 0 amide bonds. The number of aromatic nitrogens is 1. The summed E-state index contributed by atoms with van der Waals surface area (Å²) >= 11 is 0. The van der Waals surface area contributed by atoms with Gasteiger partial charge in [-0.2, -0.15) is 0 Å². The van der Waals surface area contributed by atoms with Crippen LogP contribution in [-0.4, -0.2) is 33.0 Å². The van der Waals surface area contributed by atoms with Crippen molar-refractivity contribution in [3.05, 3.63) is 17.5 Å². The second-order valence-electron chi connectivity index (χ2n) is 7.75. The molecule has 0 aromatic carbocycles. The molecule has 0 aliphatic carbocycles. The highest BCUT2D eigenvalue weighted by Crippen LogP contribution is 2.36. The van der Waals surface area contributed by atoms with Gasteiger partial charge in [0, 0.05) is 25.7 Å². The Morgan fingerprint density at radius 1 is 1.30 bits per heavy atom. The summed E-state index contributed by atoms with van der Waals surface area (Å²) in [7, 11) is -1.69. The molecule has 1 aromatic heterocycles. The normalized spacial score (nSPS) is 20.0. The highest BCUT2D eigenvalue weighted by molar-refractivity contribution is 6.74. The van der Waals surface area contributed by atoms with Crippen molar-refractivity contribution in [3.8, 4) is 0 Å². The Bertz CT molecular complexity index is 475. The van der Waals surface area contributed by atoms with E-state index < -0.39 is 8.32 Å². The van der Waals surface area contributed by atoms with Crippen molar-refractivity contribution in [2.45, 2.75) is 77.5 Å². The number of ether oxygens (including phenoxy) is 2. The Balaban J connectivity index is 1.72. The molecule has 0 bridgehead atoms. The summed E-state index contributed by atoms with van der Waals surface area (Å²) in [5.41, 5.74) is 0.821. The van der Waals surface area contributed by atoms with Crippen molar-refractivity contribution in [1.29, 1.82) is 0 Å². The second kappa shape index (κ2) is 7.92. The molecule has 1 unspecified atom stereocenters. The summed E-state index contributed by atoms with van der Waals surface area (Å²) in [6, 6.07) is 1.96. The fourth-order valence-corrected chi connectivity index (χ4v) is 3.23. The number of hydrogen-bond donors (Lipinski definition) is 0. The molecule has 5 nitrogen and oxygen atoms in total. The fourth-order valence-electron chi connectivity index (χ4n) is 2.19. The zero-order valence-electron chi connectivity index (χ0n) is 15.2. The summed E-state index contributed by atoms with van der Waals surface area (Å²) in [5.74, 6) is 0.854. The van der Waals surface area contributed by atoms with Gasteiger partial charge in [-0.15, -0.1) is 0 Å². The van der Waals surface area contributed by atoms with Gasteiger partial charge in [0.1, 0.15) is 11.5 Å². The predicted octanol–water partition coefficient (Wildman–Crippen LogP) is 4.28. The number of hydrogen-bond acceptors (Lipinski definition) is 5. The van der Waals surface area contributed by atoms with Gasteiger partial charge in [0.25, 0.3) is 0 Å². The first-order chi connectivity index (χ1) is 10.8. The van der Waals surface area contributed by atoms with Crippen LogP contribution in [0.4, 0.5) is 0 Å². The van der Waals surface area contributed by atoms with Gasteiger partial charge in [-0.05, 0) is 37.4 Å². The van der Waals surface area contributed by atoms with Crippen LogP contribution in [0.1, 0.15) is 51.5 Å². The van der Waals surface area contributed by atoms with Gasteiger partial charge in [0.05, 0.1) is 6.61 Å². The topological polar surface area (TPSA) is 53.7 Å². The zero-order valence-corrected chi connectivity index (χ0v) is 16.2. The van der Waals surface area contributed by atoms with Crippen LogP contribution in [0.25, 0.3) is 0 Å². The van der Waals surface area contributed by atoms with Crippen molar-refractivity contribution < 1.29 is 18.4 Å². The lowest BCUT2D eigenvalue weighted by Crippen LogP contribution is -2.41. The van der Waals surface area contributed by atoms with E-state index in [1.165, 1.54) is 6.42 Å². The van der Waals surface area contributed by atoms with Gasteiger partial charge in [-0.25, -0.2) is 0 Å². The summed E-state index contributed by atoms with van der Waals surface area (Å²) in [6.45, 7) is 13.2. The predicted molar refractivity (Wildman–Crippen MR) is 91.7 cm³/mol. The highest BCUT2D eigenvalue weighted by Gasteiger charge is 2.36. The van der Waals surface area contributed by atoms with E-state index in [1.807, 2.05) is 6.07 Å². The third kappa shape index (κ3) is 5.71. The second-order valence-corrected chi connectivity index (χ2v) is 12.6. The Morgan fingerprint density at radius 2 is 2.09 bits per heavy atom. The average molecular weight is 342 g/mol. The maximum Gasteiger partial charge on any atom is 0.191 e. The molecule has 0 saturated carbocycles. The van der Waals surface area contributed by atoms with Gasteiger partial charge < -0.3 is 18.4 Å². The highest BCUT2D eigenvalue weighted by atomic mass is 28.4. The molecule has 0 spiro atoms. The van der Waals surface area contributed by atoms with Gasteiger partial charge in [-0.3, -0.25) is 0 Å². The molecule has 2 heterocycles. The average Bonchev–Trinajstić information content (AvgIpc) is 2.93. The van der Waals surface area contributed by atoms with Gasteiger partial charge >= 0.3 is 0 Å². The molecule has 1 aromatic rings. The first kappa shape index (κ1) is 18.6. The molecule has 1 atom stereocenters. The summed E-state index contributed by atoms with van der Waals surface area (Å²) in [6.07, 6.45) is 3.91. The van der Waals surface area contributed by atoms with Gasteiger partial charge in [-0.1, -0.05) is 25.9 Å². The van der Waals surface area contributed by atoms with Gasteiger partial charge in [0.2, 0.25) is 0 Å².